The van der Waals surface area contributed by atoms with Crippen molar-refractivity contribution in [3.63, 3.8) is 0 Å². The zero-order valence-corrected chi connectivity index (χ0v) is 12.9. The Bertz CT molecular complexity index is 579. The fourth-order valence-corrected chi connectivity index (χ4v) is 2.09. The van der Waals surface area contributed by atoms with Gasteiger partial charge in [-0.1, -0.05) is 32.9 Å². The maximum Gasteiger partial charge on any atom is 0.237 e. The average Bonchev–Trinajstić information content (AvgIpc) is 2.84. The number of H-pyrrole nitrogens is 1. The summed E-state index contributed by atoms with van der Waals surface area (Å²) in [6.07, 6.45) is 1.64. The highest BCUT2D eigenvalue weighted by molar-refractivity contribution is 5.82. The number of benzene rings is 1. The van der Waals surface area contributed by atoms with Crippen LogP contribution in [0.5, 0.6) is 0 Å². The predicted molar refractivity (Wildman–Crippen MR) is 84.9 cm³/mol. The Morgan fingerprint density at radius 3 is 2.76 bits per heavy atom. The van der Waals surface area contributed by atoms with Crippen molar-refractivity contribution in [1.29, 1.82) is 0 Å². The summed E-state index contributed by atoms with van der Waals surface area (Å²) in [5.74, 6) is 0.859. The third-order valence-electron chi connectivity index (χ3n) is 3.54. The molecule has 0 saturated carbocycles. The molecule has 2 rings (SSSR count). The second-order valence-corrected chi connectivity index (χ2v) is 6.44. The number of nitrogens with one attached hydrogen (secondary N) is 2. The smallest absolute Gasteiger partial charge is 0.237 e. The minimum Gasteiger partial charge on any atom is -0.355 e. The fraction of sp³-hybridized carbons (Fsp3) is 0.500. The van der Waals surface area contributed by atoms with Gasteiger partial charge in [-0.3, -0.25) is 4.79 Å². The Labute approximate surface area is 125 Å². The van der Waals surface area contributed by atoms with E-state index in [1.807, 2.05) is 45.0 Å². The molecule has 21 heavy (non-hydrogen) atoms. The lowest BCUT2D eigenvalue weighted by Crippen LogP contribution is -2.48. The number of aromatic nitrogens is 2. The number of carbonyl (C=O) groups excluding carboxylic acids is 1. The number of nitrogens with two attached hydrogens (primary N) is 1. The van der Waals surface area contributed by atoms with Gasteiger partial charge in [0.05, 0.1) is 17.1 Å². The molecular weight excluding hydrogens is 264 g/mol. The van der Waals surface area contributed by atoms with Crippen molar-refractivity contribution in [2.75, 3.05) is 6.54 Å². The third-order valence-corrected chi connectivity index (χ3v) is 3.54. The van der Waals surface area contributed by atoms with Crippen LogP contribution < -0.4 is 11.1 Å². The topological polar surface area (TPSA) is 83.8 Å². The number of amides is 1. The number of aromatic amines is 1. The summed E-state index contributed by atoms with van der Waals surface area (Å²) in [6.45, 7) is 6.50. The van der Waals surface area contributed by atoms with Crippen molar-refractivity contribution >= 4 is 16.9 Å². The largest absolute Gasteiger partial charge is 0.355 e. The average molecular weight is 288 g/mol. The molecule has 0 aliphatic carbocycles. The van der Waals surface area contributed by atoms with E-state index in [1.165, 1.54) is 0 Å². The molecule has 1 aromatic carbocycles. The van der Waals surface area contributed by atoms with Gasteiger partial charge in [-0.2, -0.15) is 0 Å². The van der Waals surface area contributed by atoms with E-state index in [-0.39, 0.29) is 11.3 Å². The highest BCUT2D eigenvalue weighted by Gasteiger charge is 2.26. The first kappa shape index (κ1) is 15.5. The van der Waals surface area contributed by atoms with Crippen molar-refractivity contribution in [2.45, 2.75) is 39.7 Å². The second-order valence-electron chi connectivity index (χ2n) is 6.44. The van der Waals surface area contributed by atoms with Crippen LogP contribution >= 0.6 is 0 Å². The van der Waals surface area contributed by atoms with Gasteiger partial charge in [0.15, 0.2) is 0 Å². The first-order valence-corrected chi connectivity index (χ1v) is 7.35. The molecule has 0 unspecified atom stereocenters. The third kappa shape index (κ3) is 4.04. The van der Waals surface area contributed by atoms with E-state index in [2.05, 4.69) is 15.3 Å². The number of hydrogen-bond acceptors (Lipinski definition) is 3. The van der Waals surface area contributed by atoms with Crippen LogP contribution in [0.1, 0.15) is 33.0 Å². The standard InChI is InChI=1S/C16H24N4O/c1-16(2,3)14(17)15(21)18-10-6-9-13-19-11-7-4-5-8-12(11)20-13/h4-5,7-8,14H,6,9-10,17H2,1-3H3,(H,18,21)(H,19,20)/t14-/m1/s1. The summed E-state index contributed by atoms with van der Waals surface area (Å²) in [5.41, 5.74) is 7.71. The molecule has 0 fully saturated rings. The van der Waals surface area contributed by atoms with Crippen LogP contribution in [0.4, 0.5) is 0 Å². The molecule has 2 aromatic rings. The highest BCUT2D eigenvalue weighted by atomic mass is 16.2. The number of para-hydroxylation sites is 2. The summed E-state index contributed by atoms with van der Waals surface area (Å²) in [6, 6.07) is 7.47. The molecule has 5 nitrogen and oxygen atoms in total. The lowest BCUT2D eigenvalue weighted by atomic mass is 9.87. The van der Waals surface area contributed by atoms with Crippen molar-refractivity contribution in [2.24, 2.45) is 11.1 Å². The minimum absolute atomic E-state index is 0.0906. The first-order chi connectivity index (χ1) is 9.88. The molecular formula is C16H24N4O. The van der Waals surface area contributed by atoms with Crippen LogP contribution in [-0.4, -0.2) is 28.5 Å². The molecule has 0 aliphatic rings. The van der Waals surface area contributed by atoms with Crippen LogP contribution in [0.2, 0.25) is 0 Å². The van der Waals surface area contributed by atoms with Crippen molar-refractivity contribution in [1.82, 2.24) is 15.3 Å². The quantitative estimate of drug-likeness (QED) is 0.736. The molecule has 114 valence electrons. The Morgan fingerprint density at radius 1 is 1.38 bits per heavy atom. The molecule has 0 aliphatic heterocycles. The van der Waals surface area contributed by atoms with Gasteiger partial charge in [0, 0.05) is 13.0 Å². The van der Waals surface area contributed by atoms with Gasteiger partial charge in [-0.25, -0.2) is 4.98 Å². The van der Waals surface area contributed by atoms with E-state index in [9.17, 15) is 4.79 Å². The normalized spacial score (nSPS) is 13.3. The van der Waals surface area contributed by atoms with E-state index in [1.54, 1.807) is 0 Å². The van der Waals surface area contributed by atoms with Crippen LogP contribution in [-0.2, 0) is 11.2 Å². The Morgan fingerprint density at radius 2 is 2.10 bits per heavy atom. The first-order valence-electron chi connectivity index (χ1n) is 7.35. The summed E-state index contributed by atoms with van der Waals surface area (Å²) >= 11 is 0. The van der Waals surface area contributed by atoms with E-state index in [4.69, 9.17) is 5.73 Å². The molecule has 4 N–H and O–H groups in total. The van der Waals surface area contributed by atoms with Gasteiger partial charge in [0.1, 0.15) is 5.82 Å². The van der Waals surface area contributed by atoms with Gasteiger partial charge < -0.3 is 16.0 Å². The van der Waals surface area contributed by atoms with E-state index in [0.29, 0.717) is 6.54 Å². The molecule has 0 bridgehead atoms. The Balaban J connectivity index is 1.78. The molecule has 0 saturated heterocycles. The minimum atomic E-state index is -0.483. The summed E-state index contributed by atoms with van der Waals surface area (Å²) in [7, 11) is 0. The SMILES string of the molecule is CC(C)(C)[C@H](N)C(=O)NCCCc1nc2ccccc2[nH]1. The van der Waals surface area contributed by atoms with Crippen LogP contribution in [0.15, 0.2) is 24.3 Å². The molecule has 5 heteroatoms. The molecule has 0 spiro atoms. The van der Waals surface area contributed by atoms with Gasteiger partial charge in [-0.15, -0.1) is 0 Å². The number of imidazole rings is 1. The van der Waals surface area contributed by atoms with Gasteiger partial charge in [-0.05, 0) is 24.0 Å². The monoisotopic (exact) mass is 288 g/mol. The maximum atomic E-state index is 11.9. The van der Waals surface area contributed by atoms with Crippen LogP contribution in [0.3, 0.4) is 0 Å². The summed E-state index contributed by atoms with van der Waals surface area (Å²) < 4.78 is 0. The van der Waals surface area contributed by atoms with E-state index in [0.717, 1.165) is 29.7 Å². The number of hydrogen-bond donors (Lipinski definition) is 3. The molecule has 0 radical (unpaired) electrons. The number of carbonyl (C=O) groups is 1. The zero-order chi connectivity index (χ0) is 15.5. The highest BCUT2D eigenvalue weighted by Crippen LogP contribution is 2.17. The van der Waals surface area contributed by atoms with Crippen molar-refractivity contribution in [3.05, 3.63) is 30.1 Å². The zero-order valence-electron chi connectivity index (χ0n) is 12.9. The van der Waals surface area contributed by atoms with Gasteiger partial charge >= 0.3 is 0 Å². The van der Waals surface area contributed by atoms with Crippen molar-refractivity contribution < 1.29 is 4.79 Å². The van der Waals surface area contributed by atoms with E-state index < -0.39 is 6.04 Å². The van der Waals surface area contributed by atoms with Crippen LogP contribution in [0.25, 0.3) is 11.0 Å². The maximum absolute atomic E-state index is 11.9. The van der Waals surface area contributed by atoms with E-state index >= 15 is 0 Å². The molecule has 1 atom stereocenters. The Hall–Kier alpha value is -1.88. The summed E-state index contributed by atoms with van der Waals surface area (Å²) in [5, 5.41) is 2.89. The molecule has 1 heterocycles. The lowest BCUT2D eigenvalue weighted by molar-refractivity contribution is -0.124. The number of aryl methyl sites for hydroxylation is 1. The fourth-order valence-electron chi connectivity index (χ4n) is 2.09. The number of rotatable bonds is 5. The van der Waals surface area contributed by atoms with Gasteiger partial charge in [0.2, 0.25) is 5.91 Å². The second kappa shape index (κ2) is 6.26. The lowest BCUT2D eigenvalue weighted by Gasteiger charge is -2.25. The molecule has 1 amide bonds. The number of nitrogens with zero attached hydrogens (tertiary/aromatic N) is 1. The predicted octanol–water partition coefficient (Wildman–Crippen LogP) is 1.99. The number of fused-ring (bicyclic) bond motifs is 1. The Kier molecular flexibility index (Phi) is 4.63. The van der Waals surface area contributed by atoms with Gasteiger partial charge in [0.25, 0.3) is 0 Å². The van der Waals surface area contributed by atoms with Crippen molar-refractivity contribution in [3.8, 4) is 0 Å². The summed E-state index contributed by atoms with van der Waals surface area (Å²) in [4.78, 5) is 19.7. The molecule has 1 aromatic heterocycles. The van der Waals surface area contributed by atoms with Crippen LogP contribution in [0, 0.1) is 5.41 Å².